The van der Waals surface area contributed by atoms with Crippen molar-refractivity contribution in [3.63, 3.8) is 0 Å². The number of benzene rings is 1. The first kappa shape index (κ1) is 10.5. The summed E-state index contributed by atoms with van der Waals surface area (Å²) in [7, 11) is 0. The molecule has 16 heavy (non-hydrogen) atoms. The van der Waals surface area contributed by atoms with E-state index in [0.717, 1.165) is 0 Å². The monoisotopic (exact) mass is 230 g/mol. The van der Waals surface area contributed by atoms with E-state index in [1.807, 2.05) is 6.07 Å². The summed E-state index contributed by atoms with van der Waals surface area (Å²) in [6, 6.07) is 12.4. The van der Waals surface area contributed by atoms with Crippen LogP contribution in [0.1, 0.15) is 5.56 Å². The topological polar surface area (TPSA) is 45.9 Å². The molecule has 0 aliphatic carbocycles. The summed E-state index contributed by atoms with van der Waals surface area (Å²) < 4.78 is 5.51. The van der Waals surface area contributed by atoms with Crippen molar-refractivity contribution < 1.29 is 4.74 Å². The van der Waals surface area contributed by atoms with Crippen LogP contribution in [-0.2, 0) is 0 Å². The fourth-order valence-electron chi connectivity index (χ4n) is 1.21. The maximum absolute atomic E-state index is 8.89. The van der Waals surface area contributed by atoms with Crippen molar-refractivity contribution in [1.82, 2.24) is 4.98 Å². The zero-order valence-corrected chi connectivity index (χ0v) is 8.98. The van der Waals surface area contributed by atoms with Crippen LogP contribution in [-0.4, -0.2) is 4.98 Å². The first-order valence-corrected chi connectivity index (χ1v) is 4.96. The van der Waals surface area contributed by atoms with Gasteiger partial charge in [-0.1, -0.05) is 23.7 Å². The minimum absolute atomic E-state index is 0.273. The van der Waals surface area contributed by atoms with Crippen molar-refractivity contribution in [3.05, 3.63) is 53.3 Å². The van der Waals surface area contributed by atoms with Gasteiger partial charge in [-0.05, 0) is 24.3 Å². The molecular formula is C12H7ClN2O. The highest BCUT2D eigenvalue weighted by atomic mass is 35.5. The number of nitrogens with zero attached hydrogens (tertiary/aromatic N) is 2. The fraction of sp³-hybridized carbons (Fsp3) is 0. The zero-order chi connectivity index (χ0) is 11.4. The summed E-state index contributed by atoms with van der Waals surface area (Å²) in [6.07, 6.45) is 1.57. The van der Waals surface area contributed by atoms with Gasteiger partial charge in [0.15, 0.2) is 10.9 Å². The van der Waals surface area contributed by atoms with Crippen molar-refractivity contribution in [3.8, 4) is 17.6 Å². The highest BCUT2D eigenvalue weighted by molar-refractivity contribution is 6.30. The molecule has 0 bridgehead atoms. The molecule has 2 aromatic rings. The van der Waals surface area contributed by atoms with Gasteiger partial charge in [0.1, 0.15) is 11.8 Å². The summed E-state index contributed by atoms with van der Waals surface area (Å²) in [4.78, 5) is 3.89. The molecule has 0 saturated heterocycles. The second-order valence-corrected chi connectivity index (χ2v) is 3.36. The first-order valence-electron chi connectivity index (χ1n) is 4.59. The number of hydrogen-bond acceptors (Lipinski definition) is 3. The van der Waals surface area contributed by atoms with Crippen LogP contribution < -0.4 is 4.74 Å². The number of aromatic nitrogens is 1. The molecule has 1 aromatic carbocycles. The Kier molecular flexibility index (Phi) is 3.04. The van der Waals surface area contributed by atoms with E-state index in [-0.39, 0.29) is 5.15 Å². The summed E-state index contributed by atoms with van der Waals surface area (Å²) in [5.74, 6) is 0.909. The third-order valence-corrected chi connectivity index (χ3v) is 2.24. The van der Waals surface area contributed by atoms with Crippen LogP contribution in [0.3, 0.4) is 0 Å². The third-order valence-electron chi connectivity index (χ3n) is 1.95. The van der Waals surface area contributed by atoms with Crippen molar-refractivity contribution in [1.29, 1.82) is 5.26 Å². The lowest BCUT2D eigenvalue weighted by Crippen LogP contribution is -1.89. The fourth-order valence-corrected chi connectivity index (χ4v) is 1.37. The standard InChI is InChI=1S/C12H7ClN2O/c13-12-11(6-3-7-15-12)16-10-5-2-1-4-9(10)8-14/h1-7H. The molecule has 3 nitrogen and oxygen atoms in total. The van der Waals surface area contributed by atoms with E-state index in [9.17, 15) is 0 Å². The number of hydrogen-bond donors (Lipinski definition) is 0. The SMILES string of the molecule is N#Cc1ccccc1Oc1cccnc1Cl. The van der Waals surface area contributed by atoms with E-state index < -0.39 is 0 Å². The predicted molar refractivity (Wildman–Crippen MR) is 60.5 cm³/mol. The Balaban J connectivity index is 2.35. The minimum atomic E-state index is 0.273. The molecule has 1 heterocycles. The number of nitriles is 1. The van der Waals surface area contributed by atoms with Gasteiger partial charge in [-0.25, -0.2) is 4.98 Å². The van der Waals surface area contributed by atoms with Crippen molar-refractivity contribution in [2.75, 3.05) is 0 Å². The maximum atomic E-state index is 8.89. The zero-order valence-electron chi connectivity index (χ0n) is 8.22. The van der Waals surface area contributed by atoms with Crippen LogP contribution in [0.5, 0.6) is 11.5 Å². The molecule has 0 amide bonds. The second kappa shape index (κ2) is 4.65. The van der Waals surface area contributed by atoms with Gasteiger partial charge < -0.3 is 4.74 Å². The lowest BCUT2D eigenvalue weighted by molar-refractivity contribution is 0.479. The summed E-state index contributed by atoms with van der Waals surface area (Å²) in [5, 5.41) is 9.16. The highest BCUT2D eigenvalue weighted by Crippen LogP contribution is 2.28. The number of ether oxygens (including phenoxy) is 1. The van der Waals surface area contributed by atoms with Crippen LogP contribution in [0.25, 0.3) is 0 Å². The van der Waals surface area contributed by atoms with Gasteiger partial charge >= 0.3 is 0 Å². The molecule has 0 aliphatic rings. The Morgan fingerprint density at radius 2 is 1.88 bits per heavy atom. The van der Waals surface area contributed by atoms with Crippen LogP contribution in [0.4, 0.5) is 0 Å². The lowest BCUT2D eigenvalue weighted by atomic mass is 10.2. The smallest absolute Gasteiger partial charge is 0.171 e. The van der Waals surface area contributed by atoms with E-state index in [1.54, 1.807) is 42.6 Å². The maximum Gasteiger partial charge on any atom is 0.171 e. The Hall–Kier alpha value is -2.05. The van der Waals surface area contributed by atoms with Crippen LogP contribution in [0, 0.1) is 11.3 Å². The normalized spacial score (nSPS) is 9.50. The number of halogens is 1. The van der Waals surface area contributed by atoms with E-state index in [4.69, 9.17) is 21.6 Å². The number of pyridine rings is 1. The lowest BCUT2D eigenvalue weighted by Gasteiger charge is -2.07. The average molecular weight is 231 g/mol. The Morgan fingerprint density at radius 3 is 2.62 bits per heavy atom. The molecule has 0 aliphatic heterocycles. The Bertz CT molecular complexity index is 549. The Morgan fingerprint density at radius 1 is 1.12 bits per heavy atom. The molecule has 0 unspecified atom stereocenters. The molecule has 2 rings (SSSR count). The van der Waals surface area contributed by atoms with Crippen LogP contribution in [0.15, 0.2) is 42.6 Å². The molecular weight excluding hydrogens is 224 g/mol. The van der Waals surface area contributed by atoms with Gasteiger partial charge in [0.25, 0.3) is 0 Å². The van der Waals surface area contributed by atoms with Gasteiger partial charge in [-0.15, -0.1) is 0 Å². The highest BCUT2D eigenvalue weighted by Gasteiger charge is 2.06. The average Bonchev–Trinajstić information content (AvgIpc) is 2.33. The van der Waals surface area contributed by atoms with Crippen molar-refractivity contribution in [2.45, 2.75) is 0 Å². The van der Waals surface area contributed by atoms with Crippen molar-refractivity contribution >= 4 is 11.6 Å². The van der Waals surface area contributed by atoms with E-state index in [2.05, 4.69) is 4.98 Å². The summed E-state index contributed by atoms with van der Waals surface area (Å²) in [5.41, 5.74) is 0.461. The van der Waals surface area contributed by atoms with E-state index in [1.165, 1.54) is 0 Å². The molecule has 78 valence electrons. The third kappa shape index (κ3) is 2.13. The Labute approximate surface area is 97.9 Å². The first-order chi connectivity index (χ1) is 7.81. The second-order valence-electron chi connectivity index (χ2n) is 3.00. The molecule has 0 fully saturated rings. The molecule has 0 N–H and O–H groups in total. The van der Waals surface area contributed by atoms with Gasteiger partial charge in [0.2, 0.25) is 0 Å². The van der Waals surface area contributed by atoms with E-state index >= 15 is 0 Å². The molecule has 0 saturated carbocycles. The summed E-state index contributed by atoms with van der Waals surface area (Å²) in [6.45, 7) is 0. The molecule has 1 aromatic heterocycles. The number of rotatable bonds is 2. The summed E-state index contributed by atoms with van der Waals surface area (Å²) >= 11 is 5.85. The van der Waals surface area contributed by atoms with E-state index in [0.29, 0.717) is 17.1 Å². The van der Waals surface area contributed by atoms with Gasteiger partial charge in [-0.2, -0.15) is 5.26 Å². The number of para-hydroxylation sites is 1. The van der Waals surface area contributed by atoms with Gasteiger partial charge in [0.05, 0.1) is 5.56 Å². The predicted octanol–water partition coefficient (Wildman–Crippen LogP) is 3.40. The largest absolute Gasteiger partial charge is 0.453 e. The molecule has 0 atom stereocenters. The molecule has 4 heteroatoms. The van der Waals surface area contributed by atoms with Gasteiger partial charge in [-0.3, -0.25) is 0 Å². The van der Waals surface area contributed by atoms with Crippen LogP contribution in [0.2, 0.25) is 5.15 Å². The van der Waals surface area contributed by atoms with Gasteiger partial charge in [0, 0.05) is 6.20 Å². The molecule has 0 spiro atoms. The quantitative estimate of drug-likeness (QED) is 0.743. The van der Waals surface area contributed by atoms with Crippen LogP contribution >= 0.6 is 11.6 Å². The minimum Gasteiger partial charge on any atom is -0.453 e. The van der Waals surface area contributed by atoms with Crippen molar-refractivity contribution in [2.24, 2.45) is 0 Å². The molecule has 0 radical (unpaired) electrons.